The summed E-state index contributed by atoms with van der Waals surface area (Å²) in [5, 5.41) is 11.0. The van der Waals surface area contributed by atoms with E-state index in [4.69, 9.17) is 4.99 Å². The molecule has 7 nitrogen and oxygen atoms in total. The third-order valence-corrected chi connectivity index (χ3v) is 4.80. The summed E-state index contributed by atoms with van der Waals surface area (Å²) < 4.78 is 1.84. The van der Waals surface area contributed by atoms with E-state index < -0.39 is 0 Å². The number of rotatable bonds is 6. The van der Waals surface area contributed by atoms with Gasteiger partial charge in [-0.1, -0.05) is 26.0 Å². The molecule has 28 heavy (non-hydrogen) atoms. The fourth-order valence-electron chi connectivity index (χ4n) is 3.30. The van der Waals surface area contributed by atoms with Crippen molar-refractivity contribution in [2.75, 3.05) is 19.6 Å². The number of benzene rings is 1. The van der Waals surface area contributed by atoms with Crippen LogP contribution in [0.5, 0.6) is 0 Å². The van der Waals surface area contributed by atoms with E-state index in [-0.39, 0.29) is 17.9 Å². The summed E-state index contributed by atoms with van der Waals surface area (Å²) in [6.07, 6.45) is 4.64. The van der Waals surface area contributed by atoms with Gasteiger partial charge in [0.2, 0.25) is 5.91 Å². The van der Waals surface area contributed by atoms with Crippen molar-refractivity contribution in [2.45, 2.75) is 39.8 Å². The number of amides is 1. The van der Waals surface area contributed by atoms with Crippen LogP contribution in [0.25, 0.3) is 5.69 Å². The van der Waals surface area contributed by atoms with Crippen molar-refractivity contribution in [3.63, 3.8) is 0 Å². The predicted molar refractivity (Wildman–Crippen MR) is 111 cm³/mol. The molecule has 0 aliphatic carbocycles. The van der Waals surface area contributed by atoms with Crippen LogP contribution in [0, 0.1) is 5.92 Å². The zero-order chi connectivity index (χ0) is 19.9. The topological polar surface area (TPSA) is 74.6 Å². The number of aliphatic imine (C=N–C) groups is 1. The van der Waals surface area contributed by atoms with Gasteiger partial charge in [-0.2, -0.15) is 5.10 Å². The number of aromatic nitrogens is 2. The number of nitrogens with zero attached hydrogens (tertiary/aromatic N) is 4. The van der Waals surface area contributed by atoms with Crippen molar-refractivity contribution in [3.8, 4) is 5.69 Å². The molecular weight excluding hydrogens is 352 g/mol. The second-order valence-electron chi connectivity index (χ2n) is 7.38. The lowest BCUT2D eigenvalue weighted by Crippen LogP contribution is -2.45. The van der Waals surface area contributed by atoms with Crippen LogP contribution >= 0.6 is 0 Å². The standard InChI is InChI=1S/C21H30N6O/c1-4-22-21(25-18-10-13-26(15-18)20(28)16(2)3)23-14-17-6-8-19(9-7-17)27-12-5-11-24-27/h5-9,11-12,16,18H,4,10,13-15H2,1-3H3,(H2,22,23,25). The molecule has 2 N–H and O–H groups in total. The highest BCUT2D eigenvalue weighted by Gasteiger charge is 2.27. The minimum Gasteiger partial charge on any atom is -0.357 e. The summed E-state index contributed by atoms with van der Waals surface area (Å²) in [6.45, 7) is 8.89. The highest BCUT2D eigenvalue weighted by atomic mass is 16.2. The fourth-order valence-corrected chi connectivity index (χ4v) is 3.30. The number of guanidine groups is 1. The largest absolute Gasteiger partial charge is 0.357 e. The van der Waals surface area contributed by atoms with Crippen LogP contribution in [0.1, 0.15) is 32.8 Å². The Kier molecular flexibility index (Phi) is 6.68. The summed E-state index contributed by atoms with van der Waals surface area (Å²) >= 11 is 0. The highest BCUT2D eigenvalue weighted by molar-refractivity contribution is 5.81. The van der Waals surface area contributed by atoms with E-state index in [2.05, 4.69) is 34.8 Å². The van der Waals surface area contributed by atoms with Crippen molar-refractivity contribution in [1.82, 2.24) is 25.3 Å². The second-order valence-corrected chi connectivity index (χ2v) is 7.38. The van der Waals surface area contributed by atoms with Crippen LogP contribution in [0.3, 0.4) is 0 Å². The molecule has 150 valence electrons. The van der Waals surface area contributed by atoms with Crippen molar-refractivity contribution < 1.29 is 4.79 Å². The minimum absolute atomic E-state index is 0.0466. The van der Waals surface area contributed by atoms with Gasteiger partial charge in [-0.05, 0) is 37.1 Å². The summed E-state index contributed by atoms with van der Waals surface area (Å²) in [7, 11) is 0. The molecule has 1 unspecified atom stereocenters. The minimum atomic E-state index is 0.0466. The summed E-state index contributed by atoms with van der Waals surface area (Å²) in [4.78, 5) is 18.8. The molecule has 0 bridgehead atoms. The Morgan fingerprint density at radius 2 is 2.11 bits per heavy atom. The van der Waals surface area contributed by atoms with Gasteiger partial charge in [0.25, 0.3) is 0 Å². The molecule has 1 saturated heterocycles. The maximum atomic E-state index is 12.2. The molecule has 1 fully saturated rings. The summed E-state index contributed by atoms with van der Waals surface area (Å²) in [6, 6.07) is 10.4. The first-order valence-corrected chi connectivity index (χ1v) is 9.99. The SMILES string of the molecule is CCNC(=NCc1ccc(-n2cccn2)cc1)NC1CCN(C(=O)C(C)C)C1. The molecule has 3 rings (SSSR count). The molecule has 0 spiro atoms. The number of hydrogen-bond acceptors (Lipinski definition) is 3. The van der Waals surface area contributed by atoms with Crippen LogP contribution in [0.4, 0.5) is 0 Å². The Morgan fingerprint density at radius 3 is 2.75 bits per heavy atom. The van der Waals surface area contributed by atoms with Crippen molar-refractivity contribution in [2.24, 2.45) is 10.9 Å². The quantitative estimate of drug-likeness (QED) is 0.593. The van der Waals surface area contributed by atoms with E-state index in [1.165, 1.54) is 0 Å². The number of carbonyl (C=O) groups is 1. The first-order valence-electron chi connectivity index (χ1n) is 9.99. The van der Waals surface area contributed by atoms with Gasteiger partial charge in [0, 0.05) is 44.0 Å². The first kappa shape index (κ1) is 19.9. The van der Waals surface area contributed by atoms with Gasteiger partial charge in [0.1, 0.15) is 0 Å². The van der Waals surface area contributed by atoms with E-state index >= 15 is 0 Å². The van der Waals surface area contributed by atoms with Gasteiger partial charge >= 0.3 is 0 Å². The van der Waals surface area contributed by atoms with Crippen LogP contribution in [0.2, 0.25) is 0 Å². The Hall–Kier alpha value is -2.83. The number of carbonyl (C=O) groups excluding carboxylic acids is 1. The molecule has 0 saturated carbocycles. The summed E-state index contributed by atoms with van der Waals surface area (Å²) in [5.74, 6) is 1.07. The third-order valence-electron chi connectivity index (χ3n) is 4.80. The van der Waals surface area contributed by atoms with E-state index in [1.54, 1.807) is 6.20 Å². The zero-order valence-electron chi connectivity index (χ0n) is 16.9. The van der Waals surface area contributed by atoms with Gasteiger partial charge in [0.15, 0.2) is 5.96 Å². The molecule has 1 aromatic carbocycles. The van der Waals surface area contributed by atoms with E-state index in [1.807, 2.05) is 47.8 Å². The monoisotopic (exact) mass is 382 g/mol. The number of hydrogen-bond donors (Lipinski definition) is 2. The fraction of sp³-hybridized carbons (Fsp3) is 0.476. The van der Waals surface area contributed by atoms with Gasteiger partial charge in [-0.15, -0.1) is 0 Å². The molecule has 1 atom stereocenters. The van der Waals surface area contributed by atoms with E-state index in [9.17, 15) is 4.79 Å². The molecule has 1 aromatic heterocycles. The Balaban J connectivity index is 1.58. The zero-order valence-corrected chi connectivity index (χ0v) is 16.9. The molecular formula is C21H30N6O. The lowest BCUT2D eigenvalue weighted by molar-refractivity contribution is -0.133. The van der Waals surface area contributed by atoms with Crippen LogP contribution in [0.15, 0.2) is 47.7 Å². The number of nitrogens with one attached hydrogen (secondary N) is 2. The normalized spacial score (nSPS) is 17.2. The molecule has 1 amide bonds. The molecule has 1 aliphatic rings. The first-order chi connectivity index (χ1) is 13.6. The van der Waals surface area contributed by atoms with Crippen LogP contribution < -0.4 is 10.6 Å². The van der Waals surface area contributed by atoms with E-state index in [0.717, 1.165) is 43.3 Å². The van der Waals surface area contributed by atoms with Crippen molar-refractivity contribution >= 4 is 11.9 Å². The van der Waals surface area contributed by atoms with Crippen LogP contribution in [-0.4, -0.2) is 52.2 Å². The lowest BCUT2D eigenvalue weighted by Gasteiger charge is -2.20. The summed E-state index contributed by atoms with van der Waals surface area (Å²) in [5.41, 5.74) is 2.17. The Bertz CT molecular complexity index is 782. The average Bonchev–Trinajstić information content (AvgIpc) is 3.38. The lowest BCUT2D eigenvalue weighted by atomic mass is 10.2. The van der Waals surface area contributed by atoms with Crippen LogP contribution in [-0.2, 0) is 11.3 Å². The van der Waals surface area contributed by atoms with E-state index in [0.29, 0.717) is 6.54 Å². The van der Waals surface area contributed by atoms with Crippen molar-refractivity contribution in [3.05, 3.63) is 48.3 Å². The average molecular weight is 383 g/mol. The van der Waals surface area contributed by atoms with Crippen molar-refractivity contribution in [1.29, 1.82) is 0 Å². The highest BCUT2D eigenvalue weighted by Crippen LogP contribution is 2.13. The predicted octanol–water partition coefficient (Wildman–Crippen LogP) is 2.18. The van der Waals surface area contributed by atoms with Gasteiger partial charge in [0.05, 0.1) is 12.2 Å². The maximum absolute atomic E-state index is 12.2. The van der Waals surface area contributed by atoms with Gasteiger partial charge in [-0.3, -0.25) is 4.79 Å². The van der Waals surface area contributed by atoms with Gasteiger partial charge in [-0.25, -0.2) is 9.67 Å². The Morgan fingerprint density at radius 1 is 1.32 bits per heavy atom. The number of likely N-dealkylation sites (tertiary alicyclic amines) is 1. The molecule has 2 aromatic rings. The smallest absolute Gasteiger partial charge is 0.225 e. The molecule has 2 heterocycles. The molecule has 7 heteroatoms. The third kappa shape index (κ3) is 5.12. The molecule has 0 radical (unpaired) electrons. The Labute approximate surface area is 166 Å². The molecule has 1 aliphatic heterocycles. The maximum Gasteiger partial charge on any atom is 0.225 e. The van der Waals surface area contributed by atoms with Gasteiger partial charge < -0.3 is 15.5 Å². The second kappa shape index (κ2) is 9.39.